The highest BCUT2D eigenvalue weighted by Gasteiger charge is 2.34. The van der Waals surface area contributed by atoms with Gasteiger partial charge in [-0.25, -0.2) is 0 Å². The first-order valence-corrected chi connectivity index (χ1v) is 13.9. The average Bonchev–Trinajstić information content (AvgIpc) is 3.09. The van der Waals surface area contributed by atoms with Crippen LogP contribution in [0.1, 0.15) is 79.6 Å². The van der Waals surface area contributed by atoms with Gasteiger partial charge in [0, 0.05) is 27.8 Å². The molecule has 0 saturated carbocycles. The van der Waals surface area contributed by atoms with Gasteiger partial charge in [0.15, 0.2) is 0 Å². The van der Waals surface area contributed by atoms with Crippen LogP contribution in [0, 0.1) is 20.8 Å². The summed E-state index contributed by atoms with van der Waals surface area (Å²) >= 11 is 6.29. The van der Waals surface area contributed by atoms with Crippen LogP contribution in [0.15, 0.2) is 24.3 Å². The Morgan fingerprint density at radius 1 is 1.11 bits per heavy atom. The molecular weight excluding hydrogens is 472 g/mol. The molecule has 1 saturated heterocycles. The summed E-state index contributed by atoms with van der Waals surface area (Å²) in [5.41, 5.74) is 10.3. The minimum Gasteiger partial charge on any atom is -0.424 e. The second-order valence-electron chi connectivity index (χ2n) is 11.0. The lowest BCUT2D eigenvalue weighted by Gasteiger charge is -2.35. The van der Waals surface area contributed by atoms with E-state index in [1.165, 1.54) is 50.8 Å². The maximum atomic E-state index is 11.6. The summed E-state index contributed by atoms with van der Waals surface area (Å²) in [6, 6.07) is 8.40. The molecule has 0 aliphatic carbocycles. The maximum Gasteiger partial charge on any atom is 0.146 e. The monoisotopic (exact) mass is 510 g/mol. The second-order valence-corrected chi connectivity index (χ2v) is 12.0. The Morgan fingerprint density at radius 3 is 2.40 bits per heavy atom. The Morgan fingerprint density at radius 2 is 1.80 bits per heavy atom. The van der Waals surface area contributed by atoms with Gasteiger partial charge in [-0.1, -0.05) is 38.8 Å². The number of fused-ring (bicyclic) bond motifs is 1. The molecule has 188 valence electrons. The normalized spacial score (nSPS) is 17.4. The molecule has 2 heterocycles. The van der Waals surface area contributed by atoms with Gasteiger partial charge in [-0.05, 0) is 97.7 Å². The van der Waals surface area contributed by atoms with Crippen LogP contribution in [-0.2, 0) is 21.2 Å². The molecule has 35 heavy (non-hydrogen) atoms. The lowest BCUT2D eigenvalue weighted by atomic mass is 9.78. The van der Waals surface area contributed by atoms with E-state index < -0.39 is 0 Å². The van der Waals surface area contributed by atoms with E-state index in [4.69, 9.17) is 16.0 Å². The van der Waals surface area contributed by atoms with E-state index in [1.54, 1.807) is 0 Å². The molecule has 3 aromatic rings. The van der Waals surface area contributed by atoms with Crippen LogP contribution in [0.25, 0.3) is 16.6 Å². The first kappa shape index (κ1) is 26.1. The van der Waals surface area contributed by atoms with Gasteiger partial charge >= 0.3 is 0 Å². The number of piperidine rings is 1. The molecule has 4 rings (SSSR count). The summed E-state index contributed by atoms with van der Waals surface area (Å²) in [6.45, 7) is 15.8. The number of hydrogen-bond acceptors (Lipinski definition) is 3. The number of carbonyl (C=O) groups excluding carboxylic acids is 1. The largest absolute Gasteiger partial charge is 0.424 e. The summed E-state index contributed by atoms with van der Waals surface area (Å²) in [6.07, 6.45) is 4.44. The van der Waals surface area contributed by atoms with Crippen molar-refractivity contribution >= 4 is 39.3 Å². The molecular formula is C29H39ClN2O2Si. The number of hydrogen-bond donors (Lipinski definition) is 0. The van der Waals surface area contributed by atoms with Gasteiger partial charge < -0.3 is 13.8 Å². The van der Waals surface area contributed by atoms with Gasteiger partial charge in [-0.3, -0.25) is 4.90 Å². The summed E-state index contributed by atoms with van der Waals surface area (Å²) in [7, 11) is 0.691. The summed E-state index contributed by atoms with van der Waals surface area (Å²) in [4.78, 5) is 14.0. The lowest BCUT2D eigenvalue weighted by Crippen LogP contribution is -2.35. The Balaban J connectivity index is 2.21. The van der Waals surface area contributed by atoms with E-state index in [1.807, 2.05) is 12.1 Å². The topological polar surface area (TPSA) is 34.5 Å². The van der Waals surface area contributed by atoms with Crippen molar-refractivity contribution in [3.05, 3.63) is 62.8 Å². The Bertz CT molecular complexity index is 1240. The van der Waals surface area contributed by atoms with E-state index >= 15 is 0 Å². The van der Waals surface area contributed by atoms with Crippen molar-refractivity contribution in [1.82, 2.24) is 9.47 Å². The number of aldehydes is 1. The quantitative estimate of drug-likeness (QED) is 0.300. The molecule has 0 spiro atoms. The smallest absolute Gasteiger partial charge is 0.146 e. The third-order valence-electron chi connectivity index (χ3n) is 7.76. The Hall–Kier alpha value is -1.92. The van der Waals surface area contributed by atoms with Gasteiger partial charge in [0.25, 0.3) is 0 Å². The Kier molecular flexibility index (Phi) is 7.63. The van der Waals surface area contributed by atoms with Gasteiger partial charge in [0.2, 0.25) is 0 Å². The van der Waals surface area contributed by atoms with Crippen LogP contribution < -0.4 is 0 Å². The number of halogens is 1. The predicted molar refractivity (Wildman–Crippen MR) is 150 cm³/mol. The summed E-state index contributed by atoms with van der Waals surface area (Å²) in [5.74, 6) is 0. The van der Waals surface area contributed by atoms with Crippen LogP contribution in [0.2, 0.25) is 5.02 Å². The molecule has 2 aromatic carbocycles. The van der Waals surface area contributed by atoms with Gasteiger partial charge in [-0.15, -0.1) is 0 Å². The summed E-state index contributed by atoms with van der Waals surface area (Å²) < 4.78 is 8.37. The van der Waals surface area contributed by atoms with E-state index in [0.717, 1.165) is 36.4 Å². The Labute approximate surface area is 218 Å². The third kappa shape index (κ3) is 4.64. The van der Waals surface area contributed by atoms with Crippen molar-refractivity contribution < 1.29 is 9.22 Å². The van der Waals surface area contributed by atoms with E-state index in [-0.39, 0.29) is 11.5 Å². The number of likely N-dealkylation sites (tertiary alicyclic amines) is 1. The molecule has 1 aliphatic rings. The molecule has 0 bridgehead atoms. The molecule has 1 unspecified atom stereocenters. The van der Waals surface area contributed by atoms with Crippen molar-refractivity contribution in [2.45, 2.75) is 78.9 Å². The van der Waals surface area contributed by atoms with E-state index in [0.29, 0.717) is 23.6 Å². The second kappa shape index (κ2) is 10.2. The van der Waals surface area contributed by atoms with Crippen LogP contribution >= 0.6 is 11.6 Å². The number of benzene rings is 2. The SMILES string of the molecule is Cc1c(C)c(C(C)(C)C)c2c(c1CO[SiH3])c(C1CCCCN1CC=O)c(C)n2-c1ccc(Cl)cc1. The van der Waals surface area contributed by atoms with Crippen LogP contribution in [0.4, 0.5) is 0 Å². The van der Waals surface area contributed by atoms with Gasteiger partial charge in [0.05, 0.1) is 18.7 Å². The molecule has 1 aliphatic heterocycles. The number of rotatable bonds is 6. The van der Waals surface area contributed by atoms with Gasteiger partial charge in [-0.2, -0.15) is 0 Å². The minimum atomic E-state index is -0.0469. The highest BCUT2D eigenvalue weighted by atomic mass is 35.5. The molecule has 1 atom stereocenters. The highest BCUT2D eigenvalue weighted by molar-refractivity contribution is 6.30. The maximum absolute atomic E-state index is 11.6. The average molecular weight is 511 g/mol. The predicted octanol–water partition coefficient (Wildman–Crippen LogP) is 6.03. The first-order valence-electron chi connectivity index (χ1n) is 12.7. The molecule has 1 fully saturated rings. The zero-order chi connectivity index (χ0) is 25.5. The van der Waals surface area contributed by atoms with Crippen LogP contribution in [-0.4, -0.2) is 39.3 Å². The molecule has 4 nitrogen and oxygen atoms in total. The van der Waals surface area contributed by atoms with Crippen molar-refractivity contribution in [3.8, 4) is 5.69 Å². The minimum absolute atomic E-state index is 0.0469. The van der Waals surface area contributed by atoms with Gasteiger partial charge in [0.1, 0.15) is 16.8 Å². The molecule has 0 amide bonds. The molecule has 0 radical (unpaired) electrons. The molecule has 0 N–H and O–H groups in total. The number of aromatic nitrogens is 1. The zero-order valence-electron chi connectivity index (χ0n) is 22.3. The van der Waals surface area contributed by atoms with Crippen LogP contribution in [0.3, 0.4) is 0 Å². The van der Waals surface area contributed by atoms with Crippen molar-refractivity contribution in [2.24, 2.45) is 0 Å². The number of carbonyl (C=O) groups is 1. The van der Waals surface area contributed by atoms with Crippen molar-refractivity contribution in [2.75, 3.05) is 13.1 Å². The number of nitrogens with zero attached hydrogens (tertiary/aromatic N) is 2. The lowest BCUT2D eigenvalue weighted by molar-refractivity contribution is -0.109. The fourth-order valence-electron chi connectivity index (χ4n) is 6.22. The fraction of sp³-hybridized carbons (Fsp3) is 0.483. The molecule has 6 heteroatoms. The molecule has 1 aromatic heterocycles. The standard InChI is InChI=1S/C29H39ClN2O2Si/c1-18-19(2)27(29(4,5)6)28-26(23(18)17-34-35)25(24-9-7-8-14-31(24)15-16-33)20(3)32(28)22-12-10-21(30)11-13-22/h10-13,16,24H,7-9,14-15,17H2,1-6,35H3. The van der Waals surface area contributed by atoms with Crippen LogP contribution in [0.5, 0.6) is 0 Å². The highest BCUT2D eigenvalue weighted by Crippen LogP contribution is 2.47. The van der Waals surface area contributed by atoms with Crippen molar-refractivity contribution in [3.63, 3.8) is 0 Å². The van der Waals surface area contributed by atoms with E-state index in [9.17, 15) is 4.79 Å². The van der Waals surface area contributed by atoms with E-state index in [2.05, 4.69) is 63.1 Å². The summed E-state index contributed by atoms with van der Waals surface area (Å²) in [5, 5.41) is 2.06. The fourth-order valence-corrected chi connectivity index (χ4v) is 6.64. The zero-order valence-corrected chi connectivity index (χ0v) is 25.1. The third-order valence-corrected chi connectivity index (χ3v) is 8.30. The van der Waals surface area contributed by atoms with Crippen molar-refractivity contribution in [1.29, 1.82) is 0 Å². The first-order chi connectivity index (χ1) is 16.6.